The zero-order chi connectivity index (χ0) is 9.42. The van der Waals surface area contributed by atoms with E-state index in [1.54, 1.807) is 6.07 Å². The predicted molar refractivity (Wildman–Crippen MR) is 50.1 cm³/mol. The molecule has 0 aliphatic carbocycles. The lowest BCUT2D eigenvalue weighted by atomic mass is 10.0. The van der Waals surface area contributed by atoms with Crippen molar-refractivity contribution in [2.75, 3.05) is 6.54 Å². The minimum absolute atomic E-state index is 0.166. The molecule has 4 heteroatoms. The number of amides is 1. The average molecular weight is 244 g/mol. The van der Waals surface area contributed by atoms with Gasteiger partial charge in [0.05, 0.1) is 16.1 Å². The Kier molecular flexibility index (Phi) is 2.07. The van der Waals surface area contributed by atoms with Gasteiger partial charge in [0.2, 0.25) is 0 Å². The number of halogens is 2. The number of hydrogen-bond acceptors (Lipinski definition) is 1. The zero-order valence-corrected chi connectivity index (χ0v) is 8.34. The Balaban J connectivity index is 2.51. The highest BCUT2D eigenvalue weighted by Crippen LogP contribution is 2.21. The van der Waals surface area contributed by atoms with Crippen LogP contribution in [0.25, 0.3) is 0 Å². The molecule has 0 radical (unpaired) electrons. The molecule has 2 nitrogen and oxygen atoms in total. The van der Waals surface area contributed by atoms with E-state index in [4.69, 9.17) is 0 Å². The third-order valence-corrected chi connectivity index (χ3v) is 2.78. The van der Waals surface area contributed by atoms with E-state index in [1.807, 2.05) is 0 Å². The fourth-order valence-electron chi connectivity index (χ4n) is 1.42. The molecule has 0 fully saturated rings. The summed E-state index contributed by atoms with van der Waals surface area (Å²) >= 11 is 3.11. The molecule has 1 heterocycles. The molecule has 1 aromatic carbocycles. The molecule has 0 aromatic heterocycles. The molecule has 0 bridgehead atoms. The highest BCUT2D eigenvalue weighted by molar-refractivity contribution is 9.07. The summed E-state index contributed by atoms with van der Waals surface area (Å²) in [5, 5.41) is 0. The molecule has 0 atom stereocenters. The lowest BCUT2D eigenvalue weighted by molar-refractivity contribution is 0.0867. The highest BCUT2D eigenvalue weighted by Gasteiger charge is 2.22. The maximum atomic E-state index is 12.8. The van der Waals surface area contributed by atoms with Gasteiger partial charge in [0.25, 0.3) is 5.91 Å². The second kappa shape index (κ2) is 3.10. The van der Waals surface area contributed by atoms with E-state index in [0.717, 1.165) is 12.0 Å². The Morgan fingerprint density at radius 1 is 1.46 bits per heavy atom. The number of fused-ring (bicyclic) bond motifs is 1. The minimum atomic E-state index is -0.366. The van der Waals surface area contributed by atoms with Crippen LogP contribution < -0.4 is 0 Å². The standard InChI is InChI=1S/C9H7BrFNO/c10-12-4-3-6-1-2-7(11)5-8(6)9(12)13/h1-2,5H,3-4H2. The van der Waals surface area contributed by atoms with Crippen LogP contribution in [-0.2, 0) is 6.42 Å². The van der Waals surface area contributed by atoms with Crippen LogP contribution in [0, 0.1) is 5.82 Å². The van der Waals surface area contributed by atoms with Crippen molar-refractivity contribution in [2.45, 2.75) is 6.42 Å². The number of rotatable bonds is 0. The first-order valence-corrected chi connectivity index (χ1v) is 4.65. The quantitative estimate of drug-likeness (QED) is 0.640. The van der Waals surface area contributed by atoms with Gasteiger partial charge in [0.1, 0.15) is 5.82 Å². The van der Waals surface area contributed by atoms with Gasteiger partial charge in [-0.25, -0.2) is 4.39 Å². The molecule has 2 rings (SSSR count). The topological polar surface area (TPSA) is 20.3 Å². The van der Waals surface area contributed by atoms with Crippen molar-refractivity contribution in [3.8, 4) is 0 Å². The smallest absolute Gasteiger partial charge is 0.264 e. The van der Waals surface area contributed by atoms with E-state index in [1.165, 1.54) is 16.1 Å². The maximum Gasteiger partial charge on any atom is 0.264 e. The minimum Gasteiger partial charge on any atom is -0.274 e. The lowest BCUT2D eigenvalue weighted by Crippen LogP contribution is -2.29. The molecular formula is C9H7BrFNO. The van der Waals surface area contributed by atoms with E-state index in [0.29, 0.717) is 12.1 Å². The van der Waals surface area contributed by atoms with Crippen molar-refractivity contribution in [1.82, 2.24) is 3.93 Å². The van der Waals surface area contributed by atoms with Crippen molar-refractivity contribution < 1.29 is 9.18 Å². The van der Waals surface area contributed by atoms with Crippen molar-refractivity contribution in [3.63, 3.8) is 0 Å². The third-order valence-electron chi connectivity index (χ3n) is 2.10. The molecular weight excluding hydrogens is 237 g/mol. The Morgan fingerprint density at radius 2 is 2.23 bits per heavy atom. The van der Waals surface area contributed by atoms with Crippen LogP contribution in [0.15, 0.2) is 18.2 Å². The van der Waals surface area contributed by atoms with Crippen molar-refractivity contribution in [1.29, 1.82) is 0 Å². The maximum absolute atomic E-state index is 12.8. The number of carbonyl (C=O) groups excluding carboxylic acids is 1. The van der Waals surface area contributed by atoms with Crippen molar-refractivity contribution >= 4 is 22.1 Å². The number of hydrogen-bond donors (Lipinski definition) is 0. The molecule has 68 valence electrons. The van der Waals surface area contributed by atoms with Gasteiger partial charge in [-0.05, 0) is 24.1 Å². The average Bonchev–Trinajstić information content (AvgIpc) is 2.12. The van der Waals surface area contributed by atoms with Gasteiger partial charge >= 0.3 is 0 Å². The van der Waals surface area contributed by atoms with Crippen LogP contribution in [0.5, 0.6) is 0 Å². The molecule has 0 saturated carbocycles. The molecule has 1 aromatic rings. The lowest BCUT2D eigenvalue weighted by Gasteiger charge is -2.22. The summed E-state index contributed by atoms with van der Waals surface area (Å²) in [6.07, 6.45) is 0.770. The summed E-state index contributed by atoms with van der Waals surface area (Å²) in [4.78, 5) is 11.5. The van der Waals surface area contributed by atoms with Gasteiger partial charge in [0.15, 0.2) is 0 Å². The van der Waals surface area contributed by atoms with Crippen LogP contribution in [0.1, 0.15) is 15.9 Å². The molecule has 1 amide bonds. The van der Waals surface area contributed by atoms with Gasteiger partial charge in [0, 0.05) is 12.1 Å². The van der Waals surface area contributed by atoms with Crippen LogP contribution in [0.3, 0.4) is 0 Å². The second-order valence-electron chi connectivity index (χ2n) is 2.94. The van der Waals surface area contributed by atoms with Crippen LogP contribution in [0.2, 0.25) is 0 Å². The zero-order valence-electron chi connectivity index (χ0n) is 6.76. The molecule has 13 heavy (non-hydrogen) atoms. The van der Waals surface area contributed by atoms with Crippen molar-refractivity contribution in [3.05, 3.63) is 35.1 Å². The Labute approximate surface area is 83.7 Å². The summed E-state index contributed by atoms with van der Waals surface area (Å²) in [5.74, 6) is -0.532. The predicted octanol–water partition coefficient (Wildman–Crippen LogP) is 2.13. The normalized spacial score (nSPS) is 15.8. The number of nitrogens with zero attached hydrogens (tertiary/aromatic N) is 1. The van der Waals surface area contributed by atoms with Crippen molar-refractivity contribution in [2.24, 2.45) is 0 Å². The monoisotopic (exact) mass is 243 g/mol. The Hall–Kier alpha value is -0.900. The first-order chi connectivity index (χ1) is 6.18. The van der Waals surface area contributed by atoms with Crippen LogP contribution >= 0.6 is 16.1 Å². The van der Waals surface area contributed by atoms with Gasteiger partial charge in [-0.2, -0.15) is 0 Å². The molecule has 0 N–H and O–H groups in total. The molecule has 1 aliphatic rings. The van der Waals surface area contributed by atoms with Gasteiger partial charge in [-0.15, -0.1) is 0 Å². The second-order valence-corrected chi connectivity index (χ2v) is 3.80. The summed E-state index contributed by atoms with van der Waals surface area (Å²) < 4.78 is 14.2. The summed E-state index contributed by atoms with van der Waals surface area (Å²) in [6.45, 7) is 0.636. The van der Waals surface area contributed by atoms with E-state index in [-0.39, 0.29) is 11.7 Å². The van der Waals surface area contributed by atoms with Gasteiger partial charge < -0.3 is 0 Å². The summed E-state index contributed by atoms with van der Waals surface area (Å²) in [5.41, 5.74) is 1.38. The first kappa shape index (κ1) is 8.69. The van der Waals surface area contributed by atoms with Crippen LogP contribution in [0.4, 0.5) is 4.39 Å². The largest absolute Gasteiger partial charge is 0.274 e. The molecule has 0 spiro atoms. The molecule has 0 unspecified atom stereocenters. The van der Waals surface area contributed by atoms with Gasteiger partial charge in [-0.1, -0.05) is 6.07 Å². The van der Waals surface area contributed by atoms with Gasteiger partial charge in [-0.3, -0.25) is 8.72 Å². The van der Waals surface area contributed by atoms with E-state index < -0.39 is 0 Å². The molecule has 1 aliphatic heterocycles. The SMILES string of the molecule is O=C1c2cc(F)ccc2CCN1Br. The first-order valence-electron chi connectivity index (χ1n) is 3.94. The van der Waals surface area contributed by atoms with Crippen LogP contribution in [-0.4, -0.2) is 16.4 Å². The third kappa shape index (κ3) is 1.46. The highest BCUT2D eigenvalue weighted by atomic mass is 79.9. The molecule has 0 saturated heterocycles. The fraction of sp³-hybridized carbons (Fsp3) is 0.222. The Bertz CT molecular complexity index is 367. The van der Waals surface area contributed by atoms with E-state index in [9.17, 15) is 9.18 Å². The number of carbonyl (C=O) groups is 1. The summed E-state index contributed by atoms with van der Waals surface area (Å²) in [7, 11) is 0. The Morgan fingerprint density at radius 3 is 3.00 bits per heavy atom. The number of benzene rings is 1. The van der Waals surface area contributed by atoms with E-state index in [2.05, 4.69) is 16.1 Å². The van der Waals surface area contributed by atoms with E-state index >= 15 is 0 Å². The fourth-order valence-corrected chi connectivity index (χ4v) is 1.78. The summed E-state index contributed by atoms with van der Waals surface area (Å²) in [6, 6.07) is 4.34.